The highest BCUT2D eigenvalue weighted by molar-refractivity contribution is 5.77. The molecule has 3 rings (SSSR count). The molecular formula is C17H25N3O2. The molecule has 2 saturated heterocycles. The molecule has 0 spiro atoms. The van der Waals surface area contributed by atoms with Crippen molar-refractivity contribution in [2.75, 3.05) is 37.4 Å². The van der Waals surface area contributed by atoms with Gasteiger partial charge in [0.05, 0.1) is 18.5 Å². The third kappa shape index (κ3) is 2.98. The first kappa shape index (κ1) is 15.0. The summed E-state index contributed by atoms with van der Waals surface area (Å²) in [6, 6.07) is 6.26. The summed E-state index contributed by atoms with van der Waals surface area (Å²) < 4.78 is 5.20. The Balaban J connectivity index is 1.63. The molecule has 0 aromatic heterocycles. The van der Waals surface area contributed by atoms with Crippen molar-refractivity contribution in [1.29, 1.82) is 0 Å². The second-order valence-corrected chi connectivity index (χ2v) is 6.19. The van der Waals surface area contributed by atoms with Crippen molar-refractivity contribution < 1.29 is 9.53 Å². The molecule has 5 heteroatoms. The van der Waals surface area contributed by atoms with Crippen molar-refractivity contribution in [3.05, 3.63) is 18.2 Å². The van der Waals surface area contributed by atoms with E-state index in [1.807, 2.05) is 18.2 Å². The van der Waals surface area contributed by atoms with Gasteiger partial charge >= 0.3 is 0 Å². The minimum atomic E-state index is 0.341. The first-order chi connectivity index (χ1) is 10.7. The lowest BCUT2D eigenvalue weighted by atomic mass is 9.99. The number of carbonyl (C=O) groups excluding carboxylic acids is 1. The number of rotatable bonds is 3. The number of methoxy groups -OCH3 is 1. The average molecular weight is 303 g/mol. The molecule has 0 saturated carbocycles. The van der Waals surface area contributed by atoms with E-state index in [1.54, 1.807) is 7.11 Å². The minimum absolute atomic E-state index is 0.341. The Labute approximate surface area is 132 Å². The molecule has 2 aliphatic rings. The number of nitrogens with two attached hydrogens (primary N) is 1. The van der Waals surface area contributed by atoms with E-state index in [-0.39, 0.29) is 0 Å². The van der Waals surface area contributed by atoms with Gasteiger partial charge in [0.2, 0.25) is 5.91 Å². The van der Waals surface area contributed by atoms with E-state index in [0.29, 0.717) is 11.9 Å². The van der Waals surface area contributed by atoms with Gasteiger partial charge in [-0.1, -0.05) is 0 Å². The number of ether oxygens (including phenoxy) is 1. The predicted octanol–water partition coefficient (Wildman–Crippen LogP) is 2.26. The second-order valence-electron chi connectivity index (χ2n) is 6.19. The van der Waals surface area contributed by atoms with Gasteiger partial charge in [0.1, 0.15) is 5.75 Å². The Bertz CT molecular complexity index is 539. The van der Waals surface area contributed by atoms with Crippen LogP contribution in [0.4, 0.5) is 11.4 Å². The lowest BCUT2D eigenvalue weighted by molar-refractivity contribution is -0.136. The molecule has 2 N–H and O–H groups in total. The monoisotopic (exact) mass is 303 g/mol. The third-order valence-electron chi connectivity index (χ3n) is 4.84. The Morgan fingerprint density at radius 1 is 1.18 bits per heavy atom. The van der Waals surface area contributed by atoms with Crippen LogP contribution in [0.15, 0.2) is 18.2 Å². The fourth-order valence-electron chi connectivity index (χ4n) is 3.58. The van der Waals surface area contributed by atoms with E-state index in [9.17, 15) is 4.79 Å². The maximum absolute atomic E-state index is 12.0. The molecule has 1 aromatic carbocycles. The number of nitrogens with zero attached hydrogens (tertiary/aromatic N) is 2. The number of likely N-dealkylation sites (tertiary alicyclic amines) is 1. The predicted molar refractivity (Wildman–Crippen MR) is 88.2 cm³/mol. The number of amides is 1. The van der Waals surface area contributed by atoms with Gasteiger partial charge in [-0.15, -0.1) is 0 Å². The Morgan fingerprint density at radius 2 is 1.95 bits per heavy atom. The summed E-state index contributed by atoms with van der Waals surface area (Å²) in [5, 5.41) is 0. The summed E-state index contributed by atoms with van der Waals surface area (Å²) in [5.74, 6) is 1.13. The van der Waals surface area contributed by atoms with Gasteiger partial charge in [-0.25, -0.2) is 0 Å². The molecule has 0 unspecified atom stereocenters. The normalized spacial score (nSPS) is 20.3. The minimum Gasteiger partial charge on any atom is -0.497 e. The van der Waals surface area contributed by atoms with Gasteiger partial charge in [0, 0.05) is 38.2 Å². The number of hydrogen-bond acceptors (Lipinski definition) is 4. The van der Waals surface area contributed by atoms with Gasteiger partial charge in [0.25, 0.3) is 0 Å². The number of anilines is 2. The van der Waals surface area contributed by atoms with Gasteiger partial charge in [-0.05, 0) is 37.8 Å². The molecule has 0 aliphatic carbocycles. The van der Waals surface area contributed by atoms with Gasteiger partial charge < -0.3 is 20.3 Å². The molecule has 22 heavy (non-hydrogen) atoms. The van der Waals surface area contributed by atoms with Crippen LogP contribution in [0, 0.1) is 0 Å². The number of piperidine rings is 2. The molecule has 1 aromatic rings. The lowest BCUT2D eigenvalue weighted by Crippen LogP contribution is -2.49. The summed E-state index contributed by atoms with van der Waals surface area (Å²) in [7, 11) is 1.65. The Hall–Kier alpha value is -1.91. The van der Waals surface area contributed by atoms with E-state index < -0.39 is 0 Å². The Kier molecular flexibility index (Phi) is 4.41. The van der Waals surface area contributed by atoms with Crippen LogP contribution in [0.25, 0.3) is 0 Å². The summed E-state index contributed by atoms with van der Waals surface area (Å²) in [6.07, 6.45) is 4.98. The van der Waals surface area contributed by atoms with Crippen molar-refractivity contribution in [2.45, 2.75) is 38.1 Å². The van der Waals surface area contributed by atoms with E-state index in [2.05, 4.69) is 9.80 Å². The molecule has 1 amide bonds. The molecule has 120 valence electrons. The van der Waals surface area contributed by atoms with E-state index in [0.717, 1.165) is 68.9 Å². The van der Waals surface area contributed by atoms with Gasteiger partial charge in [-0.2, -0.15) is 0 Å². The fraction of sp³-hybridized carbons (Fsp3) is 0.588. The van der Waals surface area contributed by atoms with Gasteiger partial charge in [0.15, 0.2) is 0 Å². The van der Waals surface area contributed by atoms with Gasteiger partial charge in [-0.3, -0.25) is 4.79 Å². The van der Waals surface area contributed by atoms with E-state index in [1.165, 1.54) is 0 Å². The van der Waals surface area contributed by atoms with Crippen LogP contribution >= 0.6 is 0 Å². The SMILES string of the molecule is COc1ccc(N2CCC(N3CCCCC3=O)CC2)c(N)c1. The fourth-order valence-corrected chi connectivity index (χ4v) is 3.58. The van der Waals surface area contributed by atoms with E-state index in [4.69, 9.17) is 10.5 Å². The molecule has 5 nitrogen and oxygen atoms in total. The summed E-state index contributed by atoms with van der Waals surface area (Å²) in [4.78, 5) is 16.5. The number of benzene rings is 1. The highest BCUT2D eigenvalue weighted by Crippen LogP contribution is 2.31. The largest absolute Gasteiger partial charge is 0.497 e. The Morgan fingerprint density at radius 3 is 2.59 bits per heavy atom. The van der Waals surface area contributed by atoms with Crippen molar-refractivity contribution in [1.82, 2.24) is 4.90 Å². The number of hydrogen-bond donors (Lipinski definition) is 1. The van der Waals surface area contributed by atoms with Crippen molar-refractivity contribution >= 4 is 17.3 Å². The average Bonchev–Trinajstić information content (AvgIpc) is 2.55. The van der Waals surface area contributed by atoms with Crippen LogP contribution in [0.1, 0.15) is 32.1 Å². The summed E-state index contributed by atoms with van der Waals surface area (Å²) in [5.41, 5.74) is 7.97. The third-order valence-corrected chi connectivity index (χ3v) is 4.84. The van der Waals surface area contributed by atoms with Crippen LogP contribution in [-0.4, -0.2) is 43.6 Å². The maximum Gasteiger partial charge on any atom is 0.222 e. The first-order valence-corrected chi connectivity index (χ1v) is 8.17. The standard InChI is InChI=1S/C17H25N3O2/c1-22-14-5-6-16(15(18)12-14)19-10-7-13(8-11-19)20-9-3-2-4-17(20)21/h5-6,12-13H,2-4,7-11,18H2,1H3. The molecule has 0 radical (unpaired) electrons. The summed E-state index contributed by atoms with van der Waals surface area (Å²) in [6.45, 7) is 2.84. The van der Waals surface area contributed by atoms with Crippen molar-refractivity contribution in [3.63, 3.8) is 0 Å². The highest BCUT2D eigenvalue weighted by Gasteiger charge is 2.29. The van der Waals surface area contributed by atoms with Crippen LogP contribution in [0.3, 0.4) is 0 Å². The molecule has 0 atom stereocenters. The van der Waals surface area contributed by atoms with Crippen molar-refractivity contribution in [3.8, 4) is 5.75 Å². The number of nitrogen functional groups attached to an aromatic ring is 1. The molecule has 2 heterocycles. The lowest BCUT2D eigenvalue weighted by Gasteiger charge is -2.41. The second kappa shape index (κ2) is 6.46. The molecule has 2 aliphatic heterocycles. The molecule has 2 fully saturated rings. The molecule has 0 bridgehead atoms. The van der Waals surface area contributed by atoms with Crippen LogP contribution in [-0.2, 0) is 4.79 Å². The quantitative estimate of drug-likeness (QED) is 0.870. The first-order valence-electron chi connectivity index (χ1n) is 8.17. The molecular weight excluding hydrogens is 278 g/mol. The maximum atomic E-state index is 12.0. The smallest absolute Gasteiger partial charge is 0.222 e. The topological polar surface area (TPSA) is 58.8 Å². The van der Waals surface area contributed by atoms with Crippen LogP contribution < -0.4 is 15.4 Å². The number of carbonyl (C=O) groups is 1. The zero-order valence-electron chi connectivity index (χ0n) is 13.3. The van der Waals surface area contributed by atoms with Crippen LogP contribution in [0.5, 0.6) is 5.75 Å². The van der Waals surface area contributed by atoms with Crippen molar-refractivity contribution in [2.24, 2.45) is 0 Å². The van der Waals surface area contributed by atoms with Crippen LogP contribution in [0.2, 0.25) is 0 Å². The zero-order valence-corrected chi connectivity index (χ0v) is 13.3. The summed E-state index contributed by atoms with van der Waals surface area (Å²) >= 11 is 0. The highest BCUT2D eigenvalue weighted by atomic mass is 16.5. The zero-order chi connectivity index (χ0) is 15.5. The van der Waals surface area contributed by atoms with E-state index >= 15 is 0 Å².